The van der Waals surface area contributed by atoms with Gasteiger partial charge in [0.1, 0.15) is 0 Å². The second-order valence-electron chi connectivity index (χ2n) is 3.87. The monoisotopic (exact) mass is 474 g/mol. The molecule has 0 aliphatic heterocycles. The normalized spacial score (nSPS) is 15.0. The zero-order chi connectivity index (χ0) is 18.0. The van der Waals surface area contributed by atoms with Crippen molar-refractivity contribution < 1.29 is 44.7 Å². The van der Waals surface area contributed by atoms with Crippen molar-refractivity contribution in [3.8, 4) is 0 Å². The number of allylic oxidation sites excluding steroid dienone is 1. The topological polar surface area (TPSA) is 26.3 Å². The molecule has 0 heterocycles. The molecule has 22 heavy (non-hydrogen) atoms. The lowest BCUT2D eigenvalue weighted by Crippen LogP contribution is -2.60. The number of ether oxygens (including phenoxy) is 1. The number of rotatable bonds is 7. The molecule has 0 aromatic rings. The summed E-state index contributed by atoms with van der Waals surface area (Å²) in [6, 6.07) is 0. The summed E-state index contributed by atoms with van der Waals surface area (Å²) >= 11 is 4.78. The van der Waals surface area contributed by atoms with E-state index in [1.165, 1.54) is 6.92 Å². The largest absolute Gasteiger partial charge is 0.463 e. The maximum Gasteiger partial charge on any atom is 0.392 e. The van der Waals surface area contributed by atoms with E-state index in [-0.39, 0.29) is 6.61 Å². The Kier molecular flexibility index (Phi) is 6.95. The zero-order valence-electron chi connectivity index (χ0n) is 10.6. The van der Waals surface area contributed by atoms with Gasteiger partial charge in [-0.25, -0.2) is 4.79 Å². The van der Waals surface area contributed by atoms with E-state index in [0.717, 1.165) is 22.6 Å². The van der Waals surface area contributed by atoms with Gasteiger partial charge in [-0.3, -0.25) is 0 Å². The van der Waals surface area contributed by atoms with E-state index in [4.69, 9.17) is 0 Å². The van der Waals surface area contributed by atoms with Crippen LogP contribution in [0.5, 0.6) is 0 Å². The van der Waals surface area contributed by atoms with E-state index in [2.05, 4.69) is 16.3 Å². The smallest absolute Gasteiger partial charge is 0.392 e. The predicted molar refractivity (Wildman–Crippen MR) is 69.0 cm³/mol. The van der Waals surface area contributed by atoms with Gasteiger partial charge in [0.15, 0.2) is 0 Å². The molecule has 0 aliphatic carbocycles. The summed E-state index contributed by atoms with van der Waals surface area (Å²) in [4.78, 5) is 10.9. The van der Waals surface area contributed by atoms with Crippen LogP contribution in [0.15, 0.2) is 9.66 Å². The van der Waals surface area contributed by atoms with Crippen LogP contribution in [0.3, 0.4) is 0 Å². The Morgan fingerprint density at radius 3 is 1.91 bits per heavy atom. The van der Waals surface area contributed by atoms with Crippen LogP contribution in [-0.2, 0) is 9.53 Å². The molecular weight excluding hydrogens is 466 g/mol. The summed E-state index contributed by atoms with van der Waals surface area (Å²) in [6.07, 6.45) is -1.73. The van der Waals surface area contributed by atoms with Gasteiger partial charge in [0.2, 0.25) is 0 Å². The minimum absolute atomic E-state index is 0.150. The van der Waals surface area contributed by atoms with E-state index in [1.54, 1.807) is 0 Å². The molecule has 130 valence electrons. The molecule has 0 rings (SSSR count). The Labute approximate surface area is 137 Å². The molecule has 0 radical (unpaired) electrons. The SMILES string of the molecule is CCOC(=O)/C=C(/I)CC(F)(F)C(F)(F)C(F)(F)C(F)(F)Cl. The Morgan fingerprint density at radius 2 is 1.55 bits per heavy atom. The van der Waals surface area contributed by atoms with Crippen LogP contribution in [0.1, 0.15) is 13.3 Å². The average molecular weight is 475 g/mol. The van der Waals surface area contributed by atoms with E-state index in [9.17, 15) is 39.9 Å². The molecule has 0 N–H and O–H groups in total. The number of carbonyl (C=O) groups is 1. The number of hydrogen-bond acceptors (Lipinski definition) is 2. The number of carbonyl (C=O) groups excluding carboxylic acids is 1. The Bertz CT molecular complexity index is 447. The van der Waals surface area contributed by atoms with Crippen LogP contribution in [0.2, 0.25) is 0 Å². The first-order chi connectivity index (χ1) is 9.60. The van der Waals surface area contributed by atoms with Crippen molar-refractivity contribution in [2.24, 2.45) is 0 Å². The zero-order valence-corrected chi connectivity index (χ0v) is 13.5. The van der Waals surface area contributed by atoms with E-state index < -0.39 is 39.1 Å². The maximum atomic E-state index is 13.3. The minimum atomic E-state index is -6.51. The summed E-state index contributed by atoms with van der Waals surface area (Å²) in [7, 11) is 0. The highest BCUT2D eigenvalue weighted by molar-refractivity contribution is 14.1. The molecule has 0 amide bonds. The fraction of sp³-hybridized carbons (Fsp3) is 0.700. The van der Waals surface area contributed by atoms with Gasteiger partial charge in [-0.15, -0.1) is 0 Å². The molecule has 0 aromatic carbocycles. The van der Waals surface area contributed by atoms with Crippen molar-refractivity contribution in [1.29, 1.82) is 0 Å². The summed E-state index contributed by atoms with van der Waals surface area (Å²) in [6.45, 7) is 1.22. The first-order valence-corrected chi connectivity index (χ1v) is 6.79. The van der Waals surface area contributed by atoms with Crippen LogP contribution in [-0.4, -0.2) is 35.7 Å². The fourth-order valence-electron chi connectivity index (χ4n) is 1.09. The first-order valence-electron chi connectivity index (χ1n) is 5.33. The van der Waals surface area contributed by atoms with E-state index in [1.807, 2.05) is 0 Å². The van der Waals surface area contributed by atoms with Crippen molar-refractivity contribution in [3.63, 3.8) is 0 Å². The second-order valence-corrected chi connectivity index (χ2v) is 5.73. The van der Waals surface area contributed by atoms with Crippen LogP contribution >= 0.6 is 34.2 Å². The summed E-state index contributed by atoms with van der Waals surface area (Å²) in [5.41, 5.74) is 0. The van der Waals surface area contributed by atoms with E-state index in [0.29, 0.717) is 6.08 Å². The van der Waals surface area contributed by atoms with Gasteiger partial charge in [0.05, 0.1) is 6.61 Å². The summed E-state index contributed by atoms with van der Waals surface area (Å²) in [5.74, 6) is -19.7. The first kappa shape index (κ1) is 21.7. The number of alkyl halides is 9. The Morgan fingerprint density at radius 1 is 1.09 bits per heavy atom. The molecule has 0 aromatic heterocycles. The van der Waals surface area contributed by atoms with E-state index >= 15 is 0 Å². The molecular formula is C10H8ClF8IO2. The lowest BCUT2D eigenvalue weighted by atomic mass is 10.0. The van der Waals surface area contributed by atoms with Crippen LogP contribution < -0.4 is 0 Å². The van der Waals surface area contributed by atoms with Gasteiger partial charge in [-0.05, 0) is 41.1 Å². The quantitative estimate of drug-likeness (QED) is 0.171. The number of hydrogen-bond donors (Lipinski definition) is 0. The third kappa shape index (κ3) is 4.59. The molecule has 0 unspecified atom stereocenters. The standard InChI is InChI=1S/C10H8ClF8IO2/c1-2-22-6(21)3-5(20)4-7(12,13)8(14,15)9(16,17)10(11,18)19/h3H,2,4H2,1H3/b5-3+. The number of esters is 1. The predicted octanol–water partition coefficient (Wildman–Crippen LogP) is 5.00. The summed E-state index contributed by atoms with van der Waals surface area (Å²) < 4.78 is 106. The van der Waals surface area contributed by atoms with Gasteiger partial charge in [0, 0.05) is 16.1 Å². The molecule has 0 spiro atoms. The molecule has 0 aliphatic rings. The van der Waals surface area contributed by atoms with Crippen molar-refractivity contribution in [2.45, 2.75) is 36.5 Å². The summed E-state index contributed by atoms with van der Waals surface area (Å²) in [5, 5.41) is -5.89. The van der Waals surface area contributed by atoms with Gasteiger partial charge in [-0.2, -0.15) is 35.1 Å². The van der Waals surface area contributed by atoms with Crippen molar-refractivity contribution >= 4 is 40.2 Å². The Hall–Kier alpha value is -0.330. The van der Waals surface area contributed by atoms with Crippen LogP contribution in [0.25, 0.3) is 0 Å². The third-order valence-electron chi connectivity index (χ3n) is 2.16. The van der Waals surface area contributed by atoms with Crippen molar-refractivity contribution in [1.82, 2.24) is 0 Å². The highest BCUT2D eigenvalue weighted by atomic mass is 127. The van der Waals surface area contributed by atoms with Crippen molar-refractivity contribution in [2.75, 3.05) is 6.61 Å². The van der Waals surface area contributed by atoms with Crippen LogP contribution in [0.4, 0.5) is 35.1 Å². The van der Waals surface area contributed by atoms with Gasteiger partial charge in [-0.1, -0.05) is 0 Å². The number of halogens is 10. The van der Waals surface area contributed by atoms with Gasteiger partial charge in [0.25, 0.3) is 0 Å². The lowest BCUT2D eigenvalue weighted by Gasteiger charge is -2.34. The van der Waals surface area contributed by atoms with Crippen LogP contribution in [0, 0.1) is 0 Å². The fourth-order valence-corrected chi connectivity index (χ4v) is 1.95. The average Bonchev–Trinajstić information content (AvgIpc) is 2.25. The highest BCUT2D eigenvalue weighted by Crippen LogP contribution is 2.55. The van der Waals surface area contributed by atoms with Gasteiger partial charge >= 0.3 is 29.1 Å². The minimum Gasteiger partial charge on any atom is -0.463 e. The highest BCUT2D eigenvalue weighted by Gasteiger charge is 2.80. The molecule has 0 saturated heterocycles. The third-order valence-corrected chi connectivity index (χ3v) is 3.09. The molecule has 0 atom stereocenters. The molecule has 12 heteroatoms. The second kappa shape index (κ2) is 7.05. The molecule has 0 fully saturated rings. The Balaban J connectivity index is 5.42. The molecule has 0 saturated carbocycles. The van der Waals surface area contributed by atoms with Gasteiger partial charge < -0.3 is 4.74 Å². The maximum absolute atomic E-state index is 13.3. The molecule has 0 bridgehead atoms. The van der Waals surface area contributed by atoms with Crippen molar-refractivity contribution in [3.05, 3.63) is 9.66 Å². The lowest BCUT2D eigenvalue weighted by molar-refractivity contribution is -0.347. The molecule has 2 nitrogen and oxygen atoms in total.